The van der Waals surface area contributed by atoms with Crippen LogP contribution in [0.4, 0.5) is 0 Å². The largest absolute Gasteiger partial charge is 0.497 e. The molecular formula is C21H20N4O2. The molecule has 0 saturated carbocycles. The average molecular weight is 360 g/mol. The molecule has 4 rings (SSSR count). The van der Waals surface area contributed by atoms with E-state index in [1.54, 1.807) is 7.11 Å². The van der Waals surface area contributed by atoms with Gasteiger partial charge in [0.25, 0.3) is 5.56 Å². The average Bonchev–Trinajstić information content (AvgIpc) is 3.09. The number of hydrogen-bond acceptors (Lipinski definition) is 4. The van der Waals surface area contributed by atoms with Crippen molar-refractivity contribution < 1.29 is 4.74 Å². The summed E-state index contributed by atoms with van der Waals surface area (Å²) < 4.78 is 7.22. The minimum atomic E-state index is -0.173. The Morgan fingerprint density at radius 1 is 1.11 bits per heavy atom. The van der Waals surface area contributed by atoms with Crippen LogP contribution in [0.5, 0.6) is 5.75 Å². The van der Waals surface area contributed by atoms with Crippen LogP contribution in [-0.4, -0.2) is 27.1 Å². The molecule has 2 aromatic carbocycles. The summed E-state index contributed by atoms with van der Waals surface area (Å²) in [6.45, 7) is 2.03. The molecule has 0 aliphatic carbocycles. The zero-order chi connectivity index (χ0) is 19.0. The first-order valence-corrected chi connectivity index (χ1v) is 8.80. The van der Waals surface area contributed by atoms with Crippen molar-refractivity contribution in [1.29, 1.82) is 0 Å². The van der Waals surface area contributed by atoms with Gasteiger partial charge < -0.3 is 4.74 Å². The third-order valence-corrected chi connectivity index (χ3v) is 4.80. The maximum Gasteiger partial charge on any atom is 0.272 e. The van der Waals surface area contributed by atoms with E-state index in [4.69, 9.17) is 4.74 Å². The molecule has 4 aromatic rings. The third-order valence-electron chi connectivity index (χ3n) is 4.80. The summed E-state index contributed by atoms with van der Waals surface area (Å²) in [5.41, 5.74) is 4.70. The summed E-state index contributed by atoms with van der Waals surface area (Å²) in [4.78, 5) is 12.1. The molecule has 6 heteroatoms. The Kier molecular flexibility index (Phi) is 4.24. The van der Waals surface area contributed by atoms with Gasteiger partial charge in [-0.3, -0.25) is 9.48 Å². The van der Waals surface area contributed by atoms with Gasteiger partial charge in [-0.25, -0.2) is 5.10 Å². The van der Waals surface area contributed by atoms with Crippen molar-refractivity contribution in [3.05, 3.63) is 64.7 Å². The first-order chi connectivity index (χ1) is 13.1. The number of nitrogens with zero attached hydrogens (tertiary/aromatic N) is 3. The Morgan fingerprint density at radius 2 is 1.96 bits per heavy atom. The lowest BCUT2D eigenvalue weighted by molar-refractivity contribution is 0.415. The summed E-state index contributed by atoms with van der Waals surface area (Å²) in [7, 11) is 3.58. The van der Waals surface area contributed by atoms with E-state index in [-0.39, 0.29) is 5.56 Å². The molecule has 0 amide bonds. The van der Waals surface area contributed by atoms with Crippen LogP contribution in [0.3, 0.4) is 0 Å². The lowest BCUT2D eigenvalue weighted by atomic mass is 9.98. The summed E-state index contributed by atoms with van der Waals surface area (Å²) >= 11 is 0. The summed E-state index contributed by atoms with van der Waals surface area (Å²) in [6.07, 6.45) is 2.59. The summed E-state index contributed by atoms with van der Waals surface area (Å²) in [5, 5.41) is 12.7. The zero-order valence-electron chi connectivity index (χ0n) is 15.5. The SMILES string of the molecule is CCc1n[nH]c(=O)c2ccc(-c3cnn(C)c3-c3cccc(OC)c3)cc12. The van der Waals surface area contributed by atoms with Crippen LogP contribution in [0.2, 0.25) is 0 Å². The number of aromatic amines is 1. The minimum absolute atomic E-state index is 0.173. The standard InChI is InChI=1S/C21H20N4O2/c1-4-19-17-11-13(8-9-16(17)21(26)24-23-19)18-12-22-25(2)20(18)14-6-5-7-15(10-14)27-3/h5-12H,4H2,1-3H3,(H,24,26). The number of ether oxygens (including phenoxy) is 1. The zero-order valence-corrected chi connectivity index (χ0v) is 15.5. The molecule has 0 bridgehead atoms. The van der Waals surface area contributed by atoms with Crippen LogP contribution < -0.4 is 10.3 Å². The second kappa shape index (κ2) is 6.72. The smallest absolute Gasteiger partial charge is 0.272 e. The van der Waals surface area contributed by atoms with Gasteiger partial charge in [0.1, 0.15) is 5.75 Å². The highest BCUT2D eigenvalue weighted by Crippen LogP contribution is 2.34. The van der Waals surface area contributed by atoms with Gasteiger partial charge in [-0.1, -0.05) is 25.1 Å². The van der Waals surface area contributed by atoms with Gasteiger partial charge in [0, 0.05) is 23.6 Å². The molecule has 0 fully saturated rings. The molecule has 2 aromatic heterocycles. The third kappa shape index (κ3) is 2.89. The number of fused-ring (bicyclic) bond motifs is 1. The number of aryl methyl sites for hydroxylation is 2. The molecule has 2 heterocycles. The number of nitrogens with one attached hydrogen (secondary N) is 1. The molecule has 27 heavy (non-hydrogen) atoms. The monoisotopic (exact) mass is 360 g/mol. The number of rotatable bonds is 4. The van der Waals surface area contributed by atoms with E-state index in [1.165, 1.54) is 0 Å². The van der Waals surface area contributed by atoms with Crippen molar-refractivity contribution in [2.24, 2.45) is 7.05 Å². The predicted octanol–water partition coefficient (Wildman–Crippen LogP) is 3.56. The maximum absolute atomic E-state index is 12.1. The van der Waals surface area contributed by atoms with E-state index in [0.717, 1.165) is 45.6 Å². The second-order valence-corrected chi connectivity index (χ2v) is 6.38. The van der Waals surface area contributed by atoms with Crippen molar-refractivity contribution in [3.63, 3.8) is 0 Å². The topological polar surface area (TPSA) is 72.8 Å². The Morgan fingerprint density at radius 3 is 2.74 bits per heavy atom. The Labute approximate surface area is 156 Å². The van der Waals surface area contributed by atoms with Gasteiger partial charge in [-0.2, -0.15) is 10.2 Å². The Balaban J connectivity index is 1.94. The highest BCUT2D eigenvalue weighted by Gasteiger charge is 2.15. The van der Waals surface area contributed by atoms with E-state index in [0.29, 0.717) is 5.39 Å². The molecule has 136 valence electrons. The van der Waals surface area contributed by atoms with Crippen molar-refractivity contribution in [1.82, 2.24) is 20.0 Å². The van der Waals surface area contributed by atoms with E-state index < -0.39 is 0 Å². The Bertz CT molecular complexity index is 1190. The van der Waals surface area contributed by atoms with E-state index in [9.17, 15) is 4.79 Å². The molecule has 0 atom stereocenters. The molecule has 1 N–H and O–H groups in total. The normalized spacial score (nSPS) is 11.1. The van der Waals surface area contributed by atoms with E-state index >= 15 is 0 Å². The summed E-state index contributed by atoms with van der Waals surface area (Å²) in [5.74, 6) is 0.794. The van der Waals surface area contributed by atoms with Crippen molar-refractivity contribution in [2.45, 2.75) is 13.3 Å². The molecule has 0 saturated heterocycles. The first-order valence-electron chi connectivity index (χ1n) is 8.80. The fourth-order valence-corrected chi connectivity index (χ4v) is 3.42. The summed E-state index contributed by atoms with van der Waals surface area (Å²) in [6, 6.07) is 13.7. The lowest BCUT2D eigenvalue weighted by Crippen LogP contribution is -2.10. The number of H-pyrrole nitrogens is 1. The highest BCUT2D eigenvalue weighted by molar-refractivity contribution is 5.91. The van der Waals surface area contributed by atoms with E-state index in [1.807, 2.05) is 67.3 Å². The van der Waals surface area contributed by atoms with Crippen LogP contribution in [0.25, 0.3) is 33.2 Å². The second-order valence-electron chi connectivity index (χ2n) is 6.38. The van der Waals surface area contributed by atoms with Crippen LogP contribution >= 0.6 is 0 Å². The molecule has 0 aliphatic rings. The molecule has 0 aliphatic heterocycles. The molecule has 0 unspecified atom stereocenters. The number of benzene rings is 2. The van der Waals surface area contributed by atoms with Crippen molar-refractivity contribution in [3.8, 4) is 28.1 Å². The molecule has 0 spiro atoms. The number of methoxy groups -OCH3 is 1. The maximum atomic E-state index is 12.1. The fraction of sp³-hybridized carbons (Fsp3) is 0.190. The fourth-order valence-electron chi connectivity index (χ4n) is 3.42. The lowest BCUT2D eigenvalue weighted by Gasteiger charge is -2.10. The van der Waals surface area contributed by atoms with Gasteiger partial charge in [0.15, 0.2) is 0 Å². The highest BCUT2D eigenvalue weighted by atomic mass is 16.5. The molecular weight excluding hydrogens is 340 g/mol. The molecule has 0 radical (unpaired) electrons. The van der Waals surface area contributed by atoms with E-state index in [2.05, 4.69) is 15.3 Å². The van der Waals surface area contributed by atoms with Crippen molar-refractivity contribution in [2.75, 3.05) is 7.11 Å². The van der Waals surface area contributed by atoms with Crippen molar-refractivity contribution >= 4 is 10.8 Å². The molecule has 6 nitrogen and oxygen atoms in total. The van der Waals surface area contributed by atoms with Gasteiger partial charge in [-0.15, -0.1) is 0 Å². The van der Waals surface area contributed by atoms with Crippen LogP contribution in [0.1, 0.15) is 12.6 Å². The minimum Gasteiger partial charge on any atom is -0.497 e. The van der Waals surface area contributed by atoms with Gasteiger partial charge in [0.2, 0.25) is 0 Å². The quantitative estimate of drug-likeness (QED) is 0.604. The van der Waals surface area contributed by atoms with Gasteiger partial charge >= 0.3 is 0 Å². The first kappa shape index (κ1) is 17.0. The van der Waals surface area contributed by atoms with Gasteiger partial charge in [-0.05, 0) is 36.2 Å². The predicted molar refractivity (Wildman–Crippen MR) is 106 cm³/mol. The number of aromatic nitrogens is 4. The van der Waals surface area contributed by atoms with Crippen LogP contribution in [0, 0.1) is 0 Å². The van der Waals surface area contributed by atoms with Crippen LogP contribution in [-0.2, 0) is 13.5 Å². The number of hydrogen-bond donors (Lipinski definition) is 1. The van der Waals surface area contributed by atoms with Gasteiger partial charge in [0.05, 0.1) is 30.1 Å². The Hall–Kier alpha value is -3.41. The van der Waals surface area contributed by atoms with Crippen LogP contribution in [0.15, 0.2) is 53.5 Å².